The summed E-state index contributed by atoms with van der Waals surface area (Å²) in [5.74, 6) is 2.53. The molecule has 0 unspecified atom stereocenters. The maximum Gasteiger partial charge on any atom is 0.217 e. The van der Waals surface area contributed by atoms with E-state index in [0.717, 1.165) is 37.5 Å². The van der Waals surface area contributed by atoms with E-state index < -0.39 is 10.0 Å². The van der Waals surface area contributed by atoms with E-state index in [4.69, 9.17) is 0 Å². The zero-order chi connectivity index (χ0) is 15.6. The molecule has 22 heavy (non-hydrogen) atoms. The number of fused-ring (bicyclic) bond motifs is 1. The van der Waals surface area contributed by atoms with Gasteiger partial charge in [0.15, 0.2) is 0 Å². The van der Waals surface area contributed by atoms with E-state index in [1.165, 1.54) is 25.3 Å². The lowest BCUT2D eigenvalue weighted by Gasteiger charge is -2.30. The average Bonchev–Trinajstić information content (AvgIpc) is 2.76. The van der Waals surface area contributed by atoms with Crippen molar-refractivity contribution in [3.8, 4) is 0 Å². The Hall–Kier alpha value is -1.21. The quantitative estimate of drug-likeness (QED) is 0.791. The van der Waals surface area contributed by atoms with Crippen LogP contribution in [0.15, 0.2) is 12.7 Å². The van der Waals surface area contributed by atoms with Gasteiger partial charge in [0.05, 0.1) is 5.75 Å². The second-order valence-corrected chi connectivity index (χ2v) is 8.19. The standard InChI is InChI=1S/C15H24N4O2S/c1-2-12-22(20,21)18-10-7-13(8-11-18)15-17-16-14-6-4-3-5-9-19(14)15/h2,13H,1,3-12H2. The van der Waals surface area contributed by atoms with Crippen molar-refractivity contribution in [2.24, 2.45) is 0 Å². The third-order valence-electron chi connectivity index (χ3n) is 4.68. The van der Waals surface area contributed by atoms with E-state index in [2.05, 4.69) is 21.3 Å². The van der Waals surface area contributed by atoms with Crippen LogP contribution in [0.4, 0.5) is 0 Å². The fourth-order valence-electron chi connectivity index (χ4n) is 3.46. The molecule has 0 aliphatic carbocycles. The minimum Gasteiger partial charge on any atom is -0.315 e. The van der Waals surface area contributed by atoms with Gasteiger partial charge in [-0.15, -0.1) is 16.8 Å². The van der Waals surface area contributed by atoms with E-state index in [1.807, 2.05) is 0 Å². The van der Waals surface area contributed by atoms with Crippen molar-refractivity contribution in [3.05, 3.63) is 24.3 Å². The molecular weight excluding hydrogens is 300 g/mol. The summed E-state index contributed by atoms with van der Waals surface area (Å²) in [6.07, 6.45) is 7.75. The van der Waals surface area contributed by atoms with E-state index in [9.17, 15) is 8.42 Å². The maximum absolute atomic E-state index is 12.1. The number of sulfonamides is 1. The summed E-state index contributed by atoms with van der Waals surface area (Å²) in [7, 11) is -3.18. The molecule has 0 amide bonds. The Morgan fingerprint density at radius 3 is 2.64 bits per heavy atom. The predicted octanol–water partition coefficient (Wildman–Crippen LogP) is 1.70. The minimum absolute atomic E-state index is 0.0258. The van der Waals surface area contributed by atoms with Gasteiger partial charge in [0.1, 0.15) is 11.6 Å². The fraction of sp³-hybridized carbons (Fsp3) is 0.733. The Labute approximate surface area is 132 Å². The topological polar surface area (TPSA) is 68.1 Å². The summed E-state index contributed by atoms with van der Waals surface area (Å²) >= 11 is 0. The first-order valence-corrected chi connectivity index (χ1v) is 9.73. The first kappa shape index (κ1) is 15.7. The molecule has 1 fully saturated rings. The number of aryl methyl sites for hydroxylation is 1. The summed E-state index contributed by atoms with van der Waals surface area (Å²) in [5.41, 5.74) is 0. The summed E-state index contributed by atoms with van der Waals surface area (Å²) < 4.78 is 28.0. The van der Waals surface area contributed by atoms with E-state index >= 15 is 0 Å². The molecule has 122 valence electrons. The number of hydrogen-bond donors (Lipinski definition) is 0. The molecule has 1 aromatic heterocycles. The van der Waals surface area contributed by atoms with Gasteiger partial charge in [0, 0.05) is 32.0 Å². The third-order valence-corrected chi connectivity index (χ3v) is 6.49. The highest BCUT2D eigenvalue weighted by molar-refractivity contribution is 7.89. The molecule has 1 saturated heterocycles. The average molecular weight is 324 g/mol. The van der Waals surface area contributed by atoms with Crippen LogP contribution < -0.4 is 0 Å². The molecule has 1 aromatic rings. The zero-order valence-corrected chi connectivity index (χ0v) is 13.8. The molecule has 0 saturated carbocycles. The molecule has 3 heterocycles. The minimum atomic E-state index is -3.18. The van der Waals surface area contributed by atoms with Crippen LogP contribution in [0.5, 0.6) is 0 Å². The molecule has 3 rings (SSSR count). The van der Waals surface area contributed by atoms with Gasteiger partial charge in [-0.3, -0.25) is 0 Å². The molecule has 0 spiro atoms. The molecule has 0 bridgehead atoms. The van der Waals surface area contributed by atoms with Gasteiger partial charge in [-0.05, 0) is 25.7 Å². The monoisotopic (exact) mass is 324 g/mol. The van der Waals surface area contributed by atoms with E-state index in [1.54, 1.807) is 4.31 Å². The predicted molar refractivity (Wildman–Crippen MR) is 85.1 cm³/mol. The largest absolute Gasteiger partial charge is 0.315 e. The Bertz CT molecular complexity index is 630. The lowest BCUT2D eigenvalue weighted by Crippen LogP contribution is -2.39. The summed E-state index contributed by atoms with van der Waals surface area (Å²) in [6.45, 7) is 5.68. The summed E-state index contributed by atoms with van der Waals surface area (Å²) in [4.78, 5) is 0. The van der Waals surface area contributed by atoms with Gasteiger partial charge >= 0.3 is 0 Å². The van der Waals surface area contributed by atoms with Crippen LogP contribution >= 0.6 is 0 Å². The molecule has 0 N–H and O–H groups in total. The molecular formula is C15H24N4O2S. The van der Waals surface area contributed by atoms with Crippen LogP contribution in [0.25, 0.3) is 0 Å². The molecule has 0 aromatic carbocycles. The van der Waals surface area contributed by atoms with Crippen molar-refractivity contribution in [1.29, 1.82) is 0 Å². The van der Waals surface area contributed by atoms with E-state index in [0.29, 0.717) is 19.0 Å². The van der Waals surface area contributed by atoms with Crippen LogP contribution in [0.3, 0.4) is 0 Å². The second kappa shape index (κ2) is 6.50. The SMILES string of the molecule is C=CCS(=O)(=O)N1CCC(c2nnc3n2CCCCC3)CC1. The highest BCUT2D eigenvalue weighted by Gasteiger charge is 2.30. The van der Waals surface area contributed by atoms with Crippen LogP contribution in [0, 0.1) is 0 Å². The number of nitrogens with zero attached hydrogens (tertiary/aromatic N) is 4. The van der Waals surface area contributed by atoms with Crippen molar-refractivity contribution in [2.45, 2.75) is 51.0 Å². The Kier molecular flexibility index (Phi) is 4.63. The third kappa shape index (κ3) is 3.10. The lowest BCUT2D eigenvalue weighted by molar-refractivity contribution is 0.309. The zero-order valence-electron chi connectivity index (χ0n) is 12.9. The van der Waals surface area contributed by atoms with Crippen molar-refractivity contribution < 1.29 is 8.42 Å². The van der Waals surface area contributed by atoms with Gasteiger partial charge in [0.25, 0.3) is 0 Å². The molecule has 7 heteroatoms. The molecule has 0 radical (unpaired) electrons. The highest BCUT2D eigenvalue weighted by atomic mass is 32.2. The first-order valence-electron chi connectivity index (χ1n) is 8.12. The van der Waals surface area contributed by atoms with Crippen molar-refractivity contribution in [3.63, 3.8) is 0 Å². The Morgan fingerprint density at radius 2 is 1.91 bits per heavy atom. The van der Waals surface area contributed by atoms with Gasteiger partial charge in [-0.1, -0.05) is 12.5 Å². The molecule has 2 aliphatic rings. The first-order chi connectivity index (χ1) is 10.6. The van der Waals surface area contributed by atoms with Crippen molar-refractivity contribution in [2.75, 3.05) is 18.8 Å². The van der Waals surface area contributed by atoms with Crippen LogP contribution in [-0.4, -0.2) is 46.3 Å². The van der Waals surface area contributed by atoms with E-state index in [-0.39, 0.29) is 5.75 Å². The molecule has 6 nitrogen and oxygen atoms in total. The highest BCUT2D eigenvalue weighted by Crippen LogP contribution is 2.29. The molecule has 2 aliphatic heterocycles. The number of piperidine rings is 1. The van der Waals surface area contributed by atoms with Crippen molar-refractivity contribution in [1.82, 2.24) is 19.1 Å². The summed E-state index contributed by atoms with van der Waals surface area (Å²) in [6, 6.07) is 0. The lowest BCUT2D eigenvalue weighted by atomic mass is 9.97. The second-order valence-electron chi connectivity index (χ2n) is 6.18. The smallest absolute Gasteiger partial charge is 0.217 e. The van der Waals surface area contributed by atoms with Crippen LogP contribution in [0.1, 0.15) is 49.7 Å². The van der Waals surface area contributed by atoms with Crippen LogP contribution in [-0.2, 0) is 23.0 Å². The van der Waals surface area contributed by atoms with Crippen molar-refractivity contribution >= 4 is 10.0 Å². The van der Waals surface area contributed by atoms with Gasteiger partial charge in [-0.25, -0.2) is 12.7 Å². The molecule has 0 atom stereocenters. The van der Waals surface area contributed by atoms with Gasteiger partial charge in [0.2, 0.25) is 10.0 Å². The number of aromatic nitrogens is 3. The normalized spacial score (nSPS) is 21.3. The maximum atomic E-state index is 12.1. The Balaban J connectivity index is 1.70. The van der Waals surface area contributed by atoms with Crippen LogP contribution in [0.2, 0.25) is 0 Å². The number of hydrogen-bond acceptors (Lipinski definition) is 4. The Morgan fingerprint density at radius 1 is 1.14 bits per heavy atom. The van der Waals surface area contributed by atoms with Gasteiger partial charge in [-0.2, -0.15) is 0 Å². The number of rotatable bonds is 4. The van der Waals surface area contributed by atoms with Gasteiger partial charge < -0.3 is 4.57 Å². The fourth-order valence-corrected chi connectivity index (χ4v) is 4.73. The summed E-state index contributed by atoms with van der Waals surface area (Å²) in [5, 5.41) is 8.77.